The standard InChI is InChI=1S/C20H27N9S.HI/c1-4-17-25-20(30-26-17)28-11-9-27(10-12-28)19(21-3)24-14-16-5-6-18(23-13-16)29-8-7-22-15(29)2;/h5-8,13H,4,9-12,14H2,1-3H3,(H,21,24);1H. The predicted octanol–water partition coefficient (Wildman–Crippen LogP) is 2.51. The zero-order valence-corrected chi connectivity index (χ0v) is 21.2. The van der Waals surface area contributed by atoms with Crippen molar-refractivity contribution in [1.29, 1.82) is 0 Å². The zero-order chi connectivity index (χ0) is 20.9. The van der Waals surface area contributed by atoms with E-state index >= 15 is 0 Å². The van der Waals surface area contributed by atoms with Gasteiger partial charge in [-0.05, 0) is 18.6 Å². The molecule has 0 amide bonds. The number of rotatable bonds is 5. The van der Waals surface area contributed by atoms with E-state index in [9.17, 15) is 0 Å². The van der Waals surface area contributed by atoms with E-state index in [4.69, 9.17) is 0 Å². The Hall–Kier alpha value is -2.28. The molecule has 3 aromatic heterocycles. The van der Waals surface area contributed by atoms with Crippen LogP contribution >= 0.6 is 35.5 Å². The van der Waals surface area contributed by atoms with Crippen molar-refractivity contribution in [1.82, 2.24) is 34.1 Å². The van der Waals surface area contributed by atoms with Gasteiger partial charge in [0.15, 0.2) is 5.96 Å². The molecule has 1 saturated heterocycles. The first-order valence-corrected chi connectivity index (χ1v) is 10.9. The summed E-state index contributed by atoms with van der Waals surface area (Å²) in [6, 6.07) is 4.10. The van der Waals surface area contributed by atoms with E-state index in [1.807, 2.05) is 37.0 Å². The molecule has 1 fully saturated rings. The Labute approximate surface area is 203 Å². The lowest BCUT2D eigenvalue weighted by Gasteiger charge is -2.36. The van der Waals surface area contributed by atoms with Gasteiger partial charge in [0, 0.05) is 76.3 Å². The molecule has 1 N–H and O–H groups in total. The Morgan fingerprint density at radius 1 is 1.19 bits per heavy atom. The minimum atomic E-state index is 0. The van der Waals surface area contributed by atoms with Gasteiger partial charge in [-0.15, -0.1) is 24.0 Å². The van der Waals surface area contributed by atoms with Crippen molar-refractivity contribution in [2.75, 3.05) is 38.1 Å². The number of hydrogen-bond donors (Lipinski definition) is 1. The van der Waals surface area contributed by atoms with Gasteiger partial charge in [0.05, 0.1) is 0 Å². The molecule has 1 aliphatic rings. The second-order valence-corrected chi connectivity index (χ2v) is 7.82. The van der Waals surface area contributed by atoms with Crippen LogP contribution < -0.4 is 10.2 Å². The van der Waals surface area contributed by atoms with Crippen LogP contribution in [0.2, 0.25) is 0 Å². The molecule has 0 unspecified atom stereocenters. The van der Waals surface area contributed by atoms with Crippen LogP contribution in [0.25, 0.3) is 5.82 Å². The van der Waals surface area contributed by atoms with E-state index in [1.54, 1.807) is 6.20 Å². The van der Waals surface area contributed by atoms with E-state index in [0.29, 0.717) is 6.54 Å². The number of halogens is 1. The maximum atomic E-state index is 4.61. The van der Waals surface area contributed by atoms with E-state index in [-0.39, 0.29) is 24.0 Å². The van der Waals surface area contributed by atoms with E-state index < -0.39 is 0 Å². The van der Waals surface area contributed by atoms with Crippen molar-refractivity contribution in [3.63, 3.8) is 0 Å². The van der Waals surface area contributed by atoms with Crippen LogP contribution in [0.1, 0.15) is 24.1 Å². The molecule has 0 radical (unpaired) electrons. The summed E-state index contributed by atoms with van der Waals surface area (Å²) < 4.78 is 6.37. The molecule has 31 heavy (non-hydrogen) atoms. The summed E-state index contributed by atoms with van der Waals surface area (Å²) in [5, 5.41) is 4.48. The molecule has 166 valence electrons. The predicted molar refractivity (Wildman–Crippen MR) is 135 cm³/mol. The molecule has 0 spiro atoms. The first kappa shape index (κ1) is 23.4. The summed E-state index contributed by atoms with van der Waals surface area (Å²) in [7, 11) is 1.83. The maximum absolute atomic E-state index is 4.61. The summed E-state index contributed by atoms with van der Waals surface area (Å²) in [5.74, 6) is 3.64. The quantitative estimate of drug-likeness (QED) is 0.295. The lowest BCUT2D eigenvalue weighted by Crippen LogP contribution is -2.52. The van der Waals surface area contributed by atoms with Gasteiger partial charge in [-0.2, -0.15) is 4.37 Å². The molecule has 0 aliphatic carbocycles. The summed E-state index contributed by atoms with van der Waals surface area (Å²) >= 11 is 1.49. The highest BCUT2D eigenvalue weighted by Crippen LogP contribution is 2.19. The number of hydrogen-bond acceptors (Lipinski definition) is 7. The topological polar surface area (TPSA) is 87.4 Å². The molecule has 0 saturated carbocycles. The van der Waals surface area contributed by atoms with Crippen LogP contribution in [-0.2, 0) is 13.0 Å². The van der Waals surface area contributed by atoms with Crippen LogP contribution in [0.3, 0.4) is 0 Å². The van der Waals surface area contributed by atoms with Crippen molar-refractivity contribution in [2.24, 2.45) is 4.99 Å². The molecule has 11 heteroatoms. The number of aromatic nitrogens is 5. The van der Waals surface area contributed by atoms with Gasteiger partial charge in [0.25, 0.3) is 0 Å². The smallest absolute Gasteiger partial charge is 0.205 e. The van der Waals surface area contributed by atoms with Gasteiger partial charge in [-0.1, -0.05) is 13.0 Å². The molecule has 9 nitrogen and oxygen atoms in total. The van der Waals surface area contributed by atoms with Gasteiger partial charge < -0.3 is 15.1 Å². The summed E-state index contributed by atoms with van der Waals surface area (Å²) in [6.07, 6.45) is 6.48. The van der Waals surface area contributed by atoms with Crippen molar-refractivity contribution < 1.29 is 0 Å². The first-order chi connectivity index (χ1) is 14.7. The lowest BCUT2D eigenvalue weighted by molar-refractivity contribution is 0.372. The fourth-order valence-corrected chi connectivity index (χ4v) is 4.22. The SMILES string of the molecule is CCc1nsc(N2CCN(C(=NC)NCc3ccc(-n4ccnc4C)nc3)CC2)n1.I. The minimum Gasteiger partial charge on any atom is -0.352 e. The minimum absolute atomic E-state index is 0. The summed E-state index contributed by atoms with van der Waals surface area (Å²) in [6.45, 7) is 8.37. The third-order valence-corrected chi connectivity index (χ3v) is 5.98. The number of imidazole rings is 1. The Morgan fingerprint density at radius 2 is 2.00 bits per heavy atom. The third-order valence-electron chi connectivity index (χ3n) is 5.17. The number of guanidine groups is 1. The van der Waals surface area contributed by atoms with Crippen molar-refractivity contribution >= 4 is 46.6 Å². The number of pyridine rings is 1. The Kier molecular flexibility index (Phi) is 8.18. The van der Waals surface area contributed by atoms with Crippen LogP contribution in [0.15, 0.2) is 35.7 Å². The van der Waals surface area contributed by atoms with Crippen molar-refractivity contribution in [3.05, 3.63) is 47.9 Å². The number of aliphatic imine (C=N–C) groups is 1. The molecule has 4 heterocycles. The molecule has 1 aliphatic heterocycles. The first-order valence-electron chi connectivity index (χ1n) is 10.2. The summed E-state index contributed by atoms with van der Waals surface area (Å²) in [5.41, 5.74) is 1.11. The Bertz CT molecular complexity index is 990. The average molecular weight is 553 g/mol. The average Bonchev–Trinajstić information content (AvgIpc) is 3.44. The van der Waals surface area contributed by atoms with E-state index in [0.717, 1.165) is 66.7 Å². The number of aryl methyl sites for hydroxylation is 2. The van der Waals surface area contributed by atoms with Crippen LogP contribution in [0, 0.1) is 6.92 Å². The normalized spacial score (nSPS) is 14.5. The monoisotopic (exact) mass is 553 g/mol. The largest absolute Gasteiger partial charge is 0.352 e. The van der Waals surface area contributed by atoms with Crippen molar-refractivity contribution in [2.45, 2.75) is 26.8 Å². The molecule has 0 aromatic carbocycles. The van der Waals surface area contributed by atoms with Gasteiger partial charge in [0.2, 0.25) is 5.13 Å². The lowest BCUT2D eigenvalue weighted by atomic mass is 10.2. The van der Waals surface area contributed by atoms with E-state index in [1.165, 1.54) is 11.5 Å². The second kappa shape index (κ2) is 10.8. The Morgan fingerprint density at radius 3 is 2.58 bits per heavy atom. The van der Waals surface area contributed by atoms with Crippen LogP contribution in [0.5, 0.6) is 0 Å². The van der Waals surface area contributed by atoms with Crippen LogP contribution in [-0.4, -0.2) is 68.0 Å². The van der Waals surface area contributed by atoms with Crippen molar-refractivity contribution in [3.8, 4) is 5.82 Å². The molecule has 0 atom stereocenters. The number of nitrogens with zero attached hydrogens (tertiary/aromatic N) is 8. The highest BCUT2D eigenvalue weighted by atomic mass is 127. The molecular formula is C20H28IN9S. The number of nitrogens with one attached hydrogen (secondary N) is 1. The number of piperazine rings is 1. The molecule has 3 aromatic rings. The van der Waals surface area contributed by atoms with Gasteiger partial charge in [-0.25, -0.2) is 15.0 Å². The fourth-order valence-electron chi connectivity index (χ4n) is 3.42. The highest BCUT2D eigenvalue weighted by molar-refractivity contribution is 14.0. The zero-order valence-electron chi connectivity index (χ0n) is 18.0. The highest BCUT2D eigenvalue weighted by Gasteiger charge is 2.22. The fraction of sp³-hybridized carbons (Fsp3) is 0.450. The van der Waals surface area contributed by atoms with Crippen LogP contribution in [0.4, 0.5) is 5.13 Å². The van der Waals surface area contributed by atoms with E-state index in [2.05, 4.69) is 52.4 Å². The molecular weight excluding hydrogens is 525 g/mol. The second-order valence-electron chi connectivity index (χ2n) is 7.09. The van der Waals surface area contributed by atoms with Gasteiger partial charge in [-0.3, -0.25) is 9.56 Å². The maximum Gasteiger partial charge on any atom is 0.205 e. The number of anilines is 1. The van der Waals surface area contributed by atoms with Gasteiger partial charge in [0.1, 0.15) is 17.5 Å². The molecule has 0 bridgehead atoms. The summed E-state index contributed by atoms with van der Waals surface area (Å²) in [4.78, 5) is 22.5. The molecule has 4 rings (SSSR count). The third kappa shape index (κ3) is 5.50. The Balaban J connectivity index is 0.00000272. The van der Waals surface area contributed by atoms with Gasteiger partial charge >= 0.3 is 0 Å².